The van der Waals surface area contributed by atoms with Crippen LogP contribution >= 0.6 is 0 Å². The lowest BCUT2D eigenvalue weighted by Crippen LogP contribution is -2.44. The molecule has 0 aliphatic rings. The highest BCUT2D eigenvalue weighted by atomic mass is 16.3. The van der Waals surface area contributed by atoms with Crippen LogP contribution in [0.5, 0.6) is 0 Å². The number of hydrogen-bond acceptors (Lipinski definition) is 1. The second-order valence-corrected chi connectivity index (χ2v) is 10.0. The Morgan fingerprint density at radius 1 is 0.759 bits per heavy atom. The molecule has 170 valence electrons. The normalized spacial score (nSPS) is 13.1. The lowest BCUT2D eigenvalue weighted by atomic mass is 9.94. The highest BCUT2D eigenvalue weighted by molar-refractivity contribution is 4.99. The lowest BCUT2D eigenvalue weighted by molar-refractivity contribution is -0.894. The zero-order valence-corrected chi connectivity index (χ0v) is 20.4. The summed E-state index contributed by atoms with van der Waals surface area (Å²) in [5.74, 6) is 1.92. The van der Waals surface area contributed by atoms with Gasteiger partial charge >= 0.3 is 0 Å². The molecule has 0 spiro atoms. The number of rotatable bonds is 20. The Labute approximate surface area is 183 Å². The van der Waals surface area contributed by atoms with Gasteiger partial charge in [0.1, 0.15) is 5.76 Å². The summed E-state index contributed by atoms with van der Waals surface area (Å²) in [4.78, 5) is 0. The van der Waals surface area contributed by atoms with E-state index in [1.807, 2.05) is 12.3 Å². The maximum atomic E-state index is 5.67. The molecule has 2 heteroatoms. The van der Waals surface area contributed by atoms with Crippen LogP contribution in [0, 0.1) is 5.92 Å². The van der Waals surface area contributed by atoms with E-state index in [9.17, 15) is 0 Å². The third-order valence-corrected chi connectivity index (χ3v) is 6.41. The maximum Gasteiger partial charge on any atom is 0.104 e. The van der Waals surface area contributed by atoms with Gasteiger partial charge in [-0.05, 0) is 25.0 Å². The summed E-state index contributed by atoms with van der Waals surface area (Å²) in [6.45, 7) is 7.17. The Bertz CT molecular complexity index is 451. The minimum Gasteiger partial charge on any atom is -0.469 e. The fourth-order valence-corrected chi connectivity index (χ4v) is 4.62. The van der Waals surface area contributed by atoms with Crippen LogP contribution in [-0.2, 0) is 6.42 Å². The highest BCUT2D eigenvalue weighted by Gasteiger charge is 2.22. The van der Waals surface area contributed by atoms with Crippen molar-refractivity contribution in [3.8, 4) is 0 Å². The van der Waals surface area contributed by atoms with Gasteiger partial charge in [-0.25, -0.2) is 0 Å². The van der Waals surface area contributed by atoms with Crippen molar-refractivity contribution in [3.63, 3.8) is 0 Å². The minimum atomic E-state index is 0.746. The molecule has 0 N–H and O–H groups in total. The number of hydrogen-bond donors (Lipinski definition) is 0. The van der Waals surface area contributed by atoms with Crippen molar-refractivity contribution < 1.29 is 8.90 Å². The fraction of sp³-hybridized carbons (Fsp3) is 0.852. The molecule has 0 aliphatic carbocycles. The smallest absolute Gasteiger partial charge is 0.104 e. The van der Waals surface area contributed by atoms with Gasteiger partial charge in [0.25, 0.3) is 0 Å². The number of unbranched alkanes of at least 4 members (excludes halogenated alkanes) is 12. The van der Waals surface area contributed by atoms with E-state index in [1.54, 1.807) is 0 Å². The first kappa shape index (κ1) is 26.3. The van der Waals surface area contributed by atoms with Crippen molar-refractivity contribution in [2.75, 3.05) is 27.2 Å². The molecule has 1 aromatic rings. The molecule has 2 nitrogen and oxygen atoms in total. The molecule has 0 saturated heterocycles. The van der Waals surface area contributed by atoms with E-state index in [1.165, 1.54) is 115 Å². The predicted molar refractivity (Wildman–Crippen MR) is 128 cm³/mol. The zero-order valence-electron chi connectivity index (χ0n) is 20.4. The lowest BCUT2D eigenvalue weighted by Gasteiger charge is -2.33. The van der Waals surface area contributed by atoms with E-state index in [2.05, 4.69) is 34.0 Å². The van der Waals surface area contributed by atoms with Crippen LogP contribution in [0.2, 0.25) is 0 Å². The molecule has 0 fully saturated rings. The SMILES string of the molecule is CCCCCCCCCCCCCCC(Cc1ccco1)C[N+](C)(C)CCCC. The maximum absolute atomic E-state index is 5.67. The van der Waals surface area contributed by atoms with Gasteiger partial charge in [0.05, 0.1) is 33.4 Å². The minimum absolute atomic E-state index is 0.746. The van der Waals surface area contributed by atoms with Crippen LogP contribution in [0.15, 0.2) is 22.8 Å². The molecule has 0 amide bonds. The van der Waals surface area contributed by atoms with Crippen LogP contribution in [0.4, 0.5) is 0 Å². The molecule has 29 heavy (non-hydrogen) atoms. The summed E-state index contributed by atoms with van der Waals surface area (Å²) < 4.78 is 6.82. The van der Waals surface area contributed by atoms with Gasteiger partial charge < -0.3 is 8.90 Å². The number of furan rings is 1. The van der Waals surface area contributed by atoms with Gasteiger partial charge in [-0.1, -0.05) is 97.3 Å². The van der Waals surface area contributed by atoms with Crippen molar-refractivity contribution in [2.24, 2.45) is 5.92 Å². The first-order valence-corrected chi connectivity index (χ1v) is 12.9. The molecule has 0 bridgehead atoms. The van der Waals surface area contributed by atoms with Gasteiger partial charge in [0.15, 0.2) is 0 Å². The number of nitrogens with zero attached hydrogens (tertiary/aromatic N) is 1. The van der Waals surface area contributed by atoms with Crippen molar-refractivity contribution >= 4 is 0 Å². The van der Waals surface area contributed by atoms with Crippen molar-refractivity contribution in [3.05, 3.63) is 24.2 Å². The molecule has 1 heterocycles. The van der Waals surface area contributed by atoms with Gasteiger partial charge in [0, 0.05) is 12.3 Å². The molecular formula is C27H52NO+. The summed E-state index contributed by atoms with van der Waals surface area (Å²) in [5.41, 5.74) is 0. The van der Waals surface area contributed by atoms with Gasteiger partial charge in [0.2, 0.25) is 0 Å². The largest absolute Gasteiger partial charge is 0.469 e. The van der Waals surface area contributed by atoms with E-state index in [-0.39, 0.29) is 0 Å². The van der Waals surface area contributed by atoms with E-state index >= 15 is 0 Å². The van der Waals surface area contributed by atoms with Crippen LogP contribution in [-0.4, -0.2) is 31.7 Å². The fourth-order valence-electron chi connectivity index (χ4n) is 4.62. The summed E-state index contributed by atoms with van der Waals surface area (Å²) in [6.07, 6.45) is 24.1. The van der Waals surface area contributed by atoms with Crippen molar-refractivity contribution in [1.29, 1.82) is 0 Å². The molecule has 1 aromatic heterocycles. The van der Waals surface area contributed by atoms with Crippen molar-refractivity contribution in [2.45, 2.75) is 117 Å². The predicted octanol–water partition coefficient (Wildman–Crippen LogP) is 8.41. The quantitative estimate of drug-likeness (QED) is 0.156. The second kappa shape index (κ2) is 17.0. The Morgan fingerprint density at radius 3 is 1.83 bits per heavy atom. The summed E-state index contributed by atoms with van der Waals surface area (Å²) >= 11 is 0. The van der Waals surface area contributed by atoms with Crippen molar-refractivity contribution in [1.82, 2.24) is 0 Å². The second-order valence-electron chi connectivity index (χ2n) is 10.0. The first-order valence-electron chi connectivity index (χ1n) is 12.9. The van der Waals surface area contributed by atoms with Crippen LogP contribution in [0.1, 0.15) is 116 Å². The standard InChI is InChI=1S/C27H52NO/c1-5-7-9-10-11-12-13-14-15-16-17-18-20-26(24-27-21-19-23-29-27)25-28(3,4)22-8-6-2/h19,21,23,26H,5-18,20,22,24-25H2,1-4H3/q+1. The third kappa shape index (κ3) is 14.8. The molecule has 1 atom stereocenters. The average Bonchev–Trinajstić information content (AvgIpc) is 3.20. The Hall–Kier alpha value is -0.760. The van der Waals surface area contributed by atoms with E-state index < -0.39 is 0 Å². The Kier molecular flexibility index (Phi) is 15.4. The molecule has 1 rings (SSSR count). The molecule has 0 radical (unpaired) electrons. The third-order valence-electron chi connectivity index (χ3n) is 6.41. The molecular weight excluding hydrogens is 354 g/mol. The zero-order chi connectivity index (χ0) is 21.2. The van der Waals surface area contributed by atoms with E-state index in [4.69, 9.17) is 4.42 Å². The summed E-state index contributed by atoms with van der Waals surface area (Å²) in [5, 5.41) is 0. The summed E-state index contributed by atoms with van der Waals surface area (Å²) in [7, 11) is 4.82. The van der Waals surface area contributed by atoms with E-state index in [0.29, 0.717) is 0 Å². The molecule has 0 aromatic carbocycles. The van der Waals surface area contributed by atoms with Crippen LogP contribution in [0.25, 0.3) is 0 Å². The number of quaternary nitrogens is 1. The molecule has 0 saturated carbocycles. The average molecular weight is 407 g/mol. The Morgan fingerprint density at radius 2 is 1.31 bits per heavy atom. The Balaban J connectivity index is 2.16. The van der Waals surface area contributed by atoms with E-state index in [0.717, 1.165) is 16.8 Å². The topological polar surface area (TPSA) is 13.1 Å². The summed E-state index contributed by atoms with van der Waals surface area (Å²) in [6, 6.07) is 4.19. The van der Waals surface area contributed by atoms with Gasteiger partial charge in [-0.2, -0.15) is 0 Å². The first-order chi connectivity index (χ1) is 14.1. The van der Waals surface area contributed by atoms with Crippen LogP contribution < -0.4 is 0 Å². The monoisotopic (exact) mass is 406 g/mol. The van der Waals surface area contributed by atoms with Crippen LogP contribution in [0.3, 0.4) is 0 Å². The van der Waals surface area contributed by atoms with Gasteiger partial charge in [-0.3, -0.25) is 0 Å². The molecule has 1 unspecified atom stereocenters. The van der Waals surface area contributed by atoms with Gasteiger partial charge in [-0.15, -0.1) is 0 Å². The molecule has 0 aliphatic heterocycles. The highest BCUT2D eigenvalue weighted by Crippen LogP contribution is 2.21.